The lowest BCUT2D eigenvalue weighted by Gasteiger charge is -2.07. The van der Waals surface area contributed by atoms with Crippen LogP contribution in [-0.4, -0.2) is 12.5 Å². The summed E-state index contributed by atoms with van der Waals surface area (Å²) in [6, 6.07) is 19.5. The third-order valence-electron chi connectivity index (χ3n) is 3.42. The van der Waals surface area contributed by atoms with Gasteiger partial charge in [-0.25, -0.2) is 0 Å². The summed E-state index contributed by atoms with van der Waals surface area (Å²) in [5.74, 6) is -0.371. The Hall–Kier alpha value is -3.06. The maximum absolute atomic E-state index is 12.0. The minimum Gasteiger partial charge on any atom is -0.360 e. The number of nitriles is 1. The van der Waals surface area contributed by atoms with Crippen molar-refractivity contribution in [3.8, 4) is 6.07 Å². The van der Waals surface area contributed by atoms with Crippen LogP contribution in [0.1, 0.15) is 11.1 Å². The average Bonchev–Trinajstić information content (AvgIpc) is 2.58. The second-order valence-electron chi connectivity index (χ2n) is 5.12. The molecular formula is C19H19N3O. The summed E-state index contributed by atoms with van der Waals surface area (Å²) in [5, 5.41) is 14.9. The van der Waals surface area contributed by atoms with Crippen molar-refractivity contribution in [3.05, 3.63) is 77.5 Å². The molecule has 0 saturated heterocycles. The van der Waals surface area contributed by atoms with Crippen molar-refractivity contribution >= 4 is 11.6 Å². The number of aryl methyl sites for hydroxylation is 1. The normalized spacial score (nSPS) is 10.7. The van der Waals surface area contributed by atoms with Crippen molar-refractivity contribution in [1.29, 1.82) is 5.26 Å². The van der Waals surface area contributed by atoms with E-state index in [9.17, 15) is 4.79 Å². The molecule has 116 valence electrons. The molecule has 0 spiro atoms. The highest BCUT2D eigenvalue weighted by Crippen LogP contribution is 2.13. The molecule has 0 aliphatic rings. The van der Waals surface area contributed by atoms with E-state index in [1.54, 1.807) is 0 Å². The van der Waals surface area contributed by atoms with Gasteiger partial charge in [0.25, 0.3) is 5.91 Å². The standard InChI is InChI=1S/C19H19N3O/c1-15-7-5-6-10-18(15)22-14-17(13-20)19(23)21-12-11-16-8-3-2-4-9-16/h2-10,14,22H,11-12H2,1H3,(H,21,23)/b17-14-. The van der Waals surface area contributed by atoms with Gasteiger partial charge in [0, 0.05) is 18.4 Å². The van der Waals surface area contributed by atoms with Crippen LogP contribution in [0.25, 0.3) is 0 Å². The molecule has 2 aromatic rings. The first-order valence-electron chi connectivity index (χ1n) is 7.45. The molecule has 0 fully saturated rings. The number of rotatable bonds is 6. The Morgan fingerprint density at radius 1 is 1.13 bits per heavy atom. The van der Waals surface area contributed by atoms with Crippen molar-refractivity contribution in [1.82, 2.24) is 5.32 Å². The van der Waals surface area contributed by atoms with Crippen LogP contribution in [0.15, 0.2) is 66.4 Å². The SMILES string of the molecule is Cc1ccccc1N/C=C(/C#N)C(=O)NCCc1ccccc1. The number of hydrogen-bond donors (Lipinski definition) is 2. The Morgan fingerprint density at radius 2 is 1.83 bits per heavy atom. The van der Waals surface area contributed by atoms with Crippen LogP contribution in [0, 0.1) is 18.3 Å². The molecule has 0 saturated carbocycles. The highest BCUT2D eigenvalue weighted by atomic mass is 16.1. The fraction of sp³-hybridized carbons (Fsp3) is 0.158. The molecule has 0 heterocycles. The average molecular weight is 305 g/mol. The number of carbonyl (C=O) groups excluding carboxylic acids is 1. The molecule has 23 heavy (non-hydrogen) atoms. The molecule has 0 bridgehead atoms. The van der Waals surface area contributed by atoms with Crippen LogP contribution in [0.4, 0.5) is 5.69 Å². The van der Waals surface area contributed by atoms with Crippen LogP contribution >= 0.6 is 0 Å². The lowest BCUT2D eigenvalue weighted by atomic mass is 10.1. The molecule has 4 heteroatoms. The maximum Gasteiger partial charge on any atom is 0.263 e. The molecule has 1 amide bonds. The number of nitrogens with zero attached hydrogens (tertiary/aromatic N) is 1. The third kappa shape index (κ3) is 5.01. The first-order chi connectivity index (χ1) is 11.2. The van der Waals surface area contributed by atoms with Crippen molar-refractivity contribution in [2.45, 2.75) is 13.3 Å². The zero-order chi connectivity index (χ0) is 16.5. The molecule has 0 aromatic heterocycles. The Balaban J connectivity index is 1.90. The van der Waals surface area contributed by atoms with Crippen molar-refractivity contribution in [3.63, 3.8) is 0 Å². The molecule has 2 aromatic carbocycles. The molecule has 0 radical (unpaired) electrons. The van der Waals surface area contributed by atoms with Gasteiger partial charge in [0.1, 0.15) is 11.6 Å². The highest BCUT2D eigenvalue weighted by Gasteiger charge is 2.08. The predicted octanol–water partition coefficient (Wildman–Crippen LogP) is 3.17. The van der Waals surface area contributed by atoms with E-state index >= 15 is 0 Å². The number of anilines is 1. The third-order valence-corrected chi connectivity index (χ3v) is 3.42. The zero-order valence-corrected chi connectivity index (χ0v) is 13.0. The van der Waals surface area contributed by atoms with E-state index in [-0.39, 0.29) is 11.5 Å². The Bertz CT molecular complexity index is 730. The molecular weight excluding hydrogens is 286 g/mol. The number of nitrogens with one attached hydrogen (secondary N) is 2. The van der Waals surface area contributed by atoms with Crippen molar-refractivity contribution in [2.24, 2.45) is 0 Å². The number of amides is 1. The van der Waals surface area contributed by atoms with Crippen LogP contribution in [0.5, 0.6) is 0 Å². The van der Waals surface area contributed by atoms with Crippen LogP contribution in [0.3, 0.4) is 0 Å². The molecule has 2 N–H and O–H groups in total. The molecule has 0 aliphatic carbocycles. The Kier molecular flexibility index (Phi) is 5.96. The second-order valence-corrected chi connectivity index (χ2v) is 5.12. The molecule has 0 unspecified atom stereocenters. The van der Waals surface area contributed by atoms with Gasteiger partial charge in [-0.15, -0.1) is 0 Å². The summed E-state index contributed by atoms with van der Waals surface area (Å²) >= 11 is 0. The van der Waals surface area contributed by atoms with E-state index in [1.165, 1.54) is 6.20 Å². The van der Waals surface area contributed by atoms with Gasteiger partial charge in [-0.1, -0.05) is 48.5 Å². The molecule has 0 atom stereocenters. The number of para-hydroxylation sites is 1. The van der Waals surface area contributed by atoms with Gasteiger partial charge in [0.2, 0.25) is 0 Å². The van der Waals surface area contributed by atoms with Gasteiger partial charge >= 0.3 is 0 Å². The van der Waals surface area contributed by atoms with Crippen molar-refractivity contribution < 1.29 is 4.79 Å². The largest absolute Gasteiger partial charge is 0.360 e. The predicted molar refractivity (Wildman–Crippen MR) is 91.7 cm³/mol. The number of benzene rings is 2. The number of hydrogen-bond acceptors (Lipinski definition) is 3. The summed E-state index contributed by atoms with van der Waals surface area (Å²) < 4.78 is 0. The second kappa shape index (κ2) is 8.40. The first-order valence-corrected chi connectivity index (χ1v) is 7.45. The fourth-order valence-corrected chi connectivity index (χ4v) is 2.09. The quantitative estimate of drug-likeness (QED) is 0.636. The van der Waals surface area contributed by atoms with E-state index in [2.05, 4.69) is 10.6 Å². The van der Waals surface area contributed by atoms with Crippen LogP contribution in [0.2, 0.25) is 0 Å². The van der Waals surface area contributed by atoms with E-state index in [4.69, 9.17) is 5.26 Å². The lowest BCUT2D eigenvalue weighted by Crippen LogP contribution is -2.27. The maximum atomic E-state index is 12.0. The minimum atomic E-state index is -0.371. The number of carbonyl (C=O) groups is 1. The van der Waals surface area contributed by atoms with E-state index < -0.39 is 0 Å². The van der Waals surface area contributed by atoms with E-state index in [0.717, 1.165) is 23.2 Å². The Morgan fingerprint density at radius 3 is 2.52 bits per heavy atom. The monoisotopic (exact) mass is 305 g/mol. The fourth-order valence-electron chi connectivity index (χ4n) is 2.09. The molecule has 4 nitrogen and oxygen atoms in total. The van der Waals surface area contributed by atoms with Gasteiger partial charge in [0.15, 0.2) is 0 Å². The van der Waals surface area contributed by atoms with Gasteiger partial charge < -0.3 is 10.6 Å². The minimum absolute atomic E-state index is 0.0568. The van der Waals surface area contributed by atoms with Crippen molar-refractivity contribution in [2.75, 3.05) is 11.9 Å². The Labute approximate surface area is 136 Å². The highest BCUT2D eigenvalue weighted by molar-refractivity contribution is 5.97. The van der Waals surface area contributed by atoms with Gasteiger partial charge in [0.05, 0.1) is 0 Å². The van der Waals surface area contributed by atoms with Gasteiger partial charge in [-0.05, 0) is 30.5 Å². The summed E-state index contributed by atoms with van der Waals surface area (Å²) in [4.78, 5) is 12.0. The zero-order valence-electron chi connectivity index (χ0n) is 13.0. The topological polar surface area (TPSA) is 64.9 Å². The summed E-state index contributed by atoms with van der Waals surface area (Å²) in [7, 11) is 0. The smallest absolute Gasteiger partial charge is 0.263 e. The first kappa shape index (κ1) is 16.3. The lowest BCUT2D eigenvalue weighted by molar-refractivity contribution is -0.117. The van der Waals surface area contributed by atoms with Gasteiger partial charge in [-0.2, -0.15) is 5.26 Å². The molecule has 0 aliphatic heterocycles. The summed E-state index contributed by atoms with van der Waals surface area (Å²) in [6.45, 7) is 2.45. The molecule has 2 rings (SSSR count). The van der Waals surface area contributed by atoms with E-state index in [1.807, 2.05) is 67.6 Å². The summed E-state index contributed by atoms with van der Waals surface area (Å²) in [6.07, 6.45) is 2.18. The van der Waals surface area contributed by atoms with Crippen LogP contribution in [-0.2, 0) is 11.2 Å². The summed E-state index contributed by atoms with van der Waals surface area (Å²) in [5.41, 5.74) is 3.12. The van der Waals surface area contributed by atoms with E-state index in [0.29, 0.717) is 6.54 Å². The van der Waals surface area contributed by atoms with Gasteiger partial charge in [-0.3, -0.25) is 4.79 Å². The van der Waals surface area contributed by atoms with Crippen LogP contribution < -0.4 is 10.6 Å².